The summed E-state index contributed by atoms with van der Waals surface area (Å²) in [4.78, 5) is 4.64. The molecule has 1 aromatic heterocycles. The molecule has 1 heterocycles. The number of aromatic nitrogens is 2. The molecule has 1 aliphatic carbocycles. The number of rotatable bonds is 3. The molecule has 1 saturated carbocycles. The van der Waals surface area contributed by atoms with Crippen molar-refractivity contribution in [1.29, 1.82) is 0 Å². The van der Waals surface area contributed by atoms with Gasteiger partial charge in [0.1, 0.15) is 11.6 Å². The Hall–Kier alpha value is -1.19. The van der Waals surface area contributed by atoms with E-state index in [1.807, 2.05) is 0 Å². The molecule has 0 bridgehead atoms. The molecule has 2 rings (SSSR count). The van der Waals surface area contributed by atoms with Crippen LogP contribution in [0.4, 0.5) is 5.82 Å². The maximum Gasteiger partial charge on any atom is 0.146 e. The van der Waals surface area contributed by atoms with Crippen molar-refractivity contribution in [2.75, 3.05) is 11.6 Å². The van der Waals surface area contributed by atoms with Gasteiger partial charge < -0.3 is 11.6 Å². The summed E-state index contributed by atoms with van der Waals surface area (Å²) in [5.41, 5.74) is 6.97. The lowest BCUT2D eigenvalue weighted by Crippen LogP contribution is -2.17. The van der Waals surface area contributed by atoms with Crippen molar-refractivity contribution in [1.82, 2.24) is 9.66 Å². The predicted octanol–water partition coefficient (Wildman–Crippen LogP) is 2.04. The van der Waals surface area contributed by atoms with Gasteiger partial charge in [0.15, 0.2) is 0 Å². The molecule has 90 valence electrons. The largest absolute Gasteiger partial charge is 0.382 e. The van der Waals surface area contributed by atoms with Crippen molar-refractivity contribution in [3.8, 4) is 0 Å². The van der Waals surface area contributed by atoms with Crippen LogP contribution in [0, 0.1) is 5.92 Å². The summed E-state index contributed by atoms with van der Waals surface area (Å²) in [7, 11) is 0. The minimum atomic E-state index is 0.521. The van der Waals surface area contributed by atoms with Crippen molar-refractivity contribution in [3.05, 3.63) is 11.5 Å². The first-order valence-corrected chi connectivity index (χ1v) is 6.21. The minimum absolute atomic E-state index is 0.521. The number of anilines is 1. The Morgan fingerprint density at radius 1 is 1.38 bits per heavy atom. The molecule has 0 amide bonds. The van der Waals surface area contributed by atoms with Crippen LogP contribution >= 0.6 is 0 Å². The van der Waals surface area contributed by atoms with Crippen molar-refractivity contribution in [2.45, 2.75) is 51.9 Å². The first kappa shape index (κ1) is 11.3. The monoisotopic (exact) mass is 222 g/mol. The van der Waals surface area contributed by atoms with E-state index in [1.165, 1.54) is 25.7 Å². The highest BCUT2D eigenvalue weighted by atomic mass is 15.4. The van der Waals surface area contributed by atoms with E-state index in [4.69, 9.17) is 11.6 Å². The number of imidazole rings is 1. The lowest BCUT2D eigenvalue weighted by Gasteiger charge is -2.08. The lowest BCUT2D eigenvalue weighted by atomic mass is 10.1. The van der Waals surface area contributed by atoms with Crippen molar-refractivity contribution in [3.63, 3.8) is 0 Å². The fourth-order valence-electron chi connectivity index (χ4n) is 2.52. The van der Waals surface area contributed by atoms with Gasteiger partial charge in [-0.3, -0.25) is 0 Å². The van der Waals surface area contributed by atoms with E-state index in [0.717, 1.165) is 17.9 Å². The normalized spacial score (nSPS) is 17.4. The number of hydrogen-bond donors (Lipinski definition) is 2. The summed E-state index contributed by atoms with van der Waals surface area (Å²) in [6, 6.07) is 0. The fraction of sp³-hybridized carbons (Fsp3) is 0.750. The quantitative estimate of drug-likeness (QED) is 0.769. The zero-order valence-electron chi connectivity index (χ0n) is 10.2. The number of nitrogens with zero attached hydrogens (tertiary/aromatic N) is 2. The second kappa shape index (κ2) is 4.36. The van der Waals surface area contributed by atoms with Gasteiger partial charge in [-0.25, -0.2) is 9.66 Å². The van der Waals surface area contributed by atoms with Gasteiger partial charge in [0.2, 0.25) is 0 Å². The highest BCUT2D eigenvalue weighted by Crippen LogP contribution is 2.34. The molecule has 0 aromatic carbocycles. The molecule has 4 N–H and O–H groups in total. The second-order valence-electron chi connectivity index (χ2n) is 5.25. The Morgan fingerprint density at radius 3 is 2.56 bits per heavy atom. The van der Waals surface area contributed by atoms with Crippen molar-refractivity contribution >= 4 is 5.82 Å². The molecule has 1 aromatic rings. The predicted molar refractivity (Wildman–Crippen MR) is 66.5 cm³/mol. The molecular weight excluding hydrogens is 200 g/mol. The Morgan fingerprint density at radius 2 is 2.00 bits per heavy atom. The molecule has 0 radical (unpaired) electrons. The van der Waals surface area contributed by atoms with Gasteiger partial charge in [0.05, 0.1) is 5.69 Å². The van der Waals surface area contributed by atoms with Gasteiger partial charge in [0, 0.05) is 5.92 Å². The van der Waals surface area contributed by atoms with E-state index < -0.39 is 0 Å². The average molecular weight is 222 g/mol. The highest BCUT2D eigenvalue weighted by molar-refractivity contribution is 5.39. The summed E-state index contributed by atoms with van der Waals surface area (Å²) in [6.07, 6.45) is 5.90. The van der Waals surface area contributed by atoms with Crippen LogP contribution in [0.3, 0.4) is 0 Å². The topological polar surface area (TPSA) is 69.9 Å². The molecule has 1 aliphatic rings. The van der Waals surface area contributed by atoms with Gasteiger partial charge in [-0.05, 0) is 25.2 Å². The zero-order valence-corrected chi connectivity index (χ0v) is 10.2. The van der Waals surface area contributed by atoms with Crippen molar-refractivity contribution < 1.29 is 0 Å². The van der Waals surface area contributed by atoms with Crippen LogP contribution in [0.2, 0.25) is 0 Å². The molecule has 0 unspecified atom stereocenters. The van der Waals surface area contributed by atoms with Gasteiger partial charge in [0.25, 0.3) is 0 Å². The molecule has 4 heteroatoms. The summed E-state index contributed by atoms with van der Waals surface area (Å²) >= 11 is 0. The van der Waals surface area contributed by atoms with E-state index in [0.29, 0.717) is 17.7 Å². The molecule has 4 nitrogen and oxygen atoms in total. The molecule has 0 atom stereocenters. The molecule has 16 heavy (non-hydrogen) atoms. The van der Waals surface area contributed by atoms with E-state index in [1.54, 1.807) is 4.68 Å². The van der Waals surface area contributed by atoms with Gasteiger partial charge in [-0.15, -0.1) is 0 Å². The fourth-order valence-corrected chi connectivity index (χ4v) is 2.52. The SMILES string of the molecule is CC(C)Cc1nc(C2CCCC2)n(N)c1N. The average Bonchev–Trinajstić information content (AvgIpc) is 2.81. The van der Waals surface area contributed by atoms with Crippen LogP contribution in [-0.2, 0) is 6.42 Å². The van der Waals surface area contributed by atoms with Gasteiger partial charge in [-0.2, -0.15) is 0 Å². The van der Waals surface area contributed by atoms with Crippen LogP contribution in [0.1, 0.15) is 57.0 Å². The lowest BCUT2D eigenvalue weighted by molar-refractivity contribution is 0.625. The second-order valence-corrected chi connectivity index (χ2v) is 5.25. The zero-order chi connectivity index (χ0) is 11.7. The van der Waals surface area contributed by atoms with E-state index in [-0.39, 0.29) is 0 Å². The van der Waals surface area contributed by atoms with Crippen LogP contribution in [0.15, 0.2) is 0 Å². The Kier molecular flexibility index (Phi) is 3.08. The Bertz CT molecular complexity index is 361. The Balaban J connectivity index is 2.25. The third kappa shape index (κ3) is 2.01. The Labute approximate surface area is 97.0 Å². The van der Waals surface area contributed by atoms with E-state index in [2.05, 4.69) is 18.8 Å². The maximum atomic E-state index is 5.99. The molecule has 0 saturated heterocycles. The van der Waals surface area contributed by atoms with Gasteiger partial charge >= 0.3 is 0 Å². The summed E-state index contributed by atoms with van der Waals surface area (Å²) in [6.45, 7) is 4.34. The third-order valence-corrected chi connectivity index (χ3v) is 3.37. The van der Waals surface area contributed by atoms with Gasteiger partial charge in [-0.1, -0.05) is 26.7 Å². The molecule has 0 aliphatic heterocycles. The smallest absolute Gasteiger partial charge is 0.146 e. The third-order valence-electron chi connectivity index (χ3n) is 3.37. The van der Waals surface area contributed by atoms with Crippen molar-refractivity contribution in [2.24, 2.45) is 5.92 Å². The van der Waals surface area contributed by atoms with E-state index in [9.17, 15) is 0 Å². The molecule has 1 fully saturated rings. The number of hydrogen-bond acceptors (Lipinski definition) is 3. The number of nitrogen functional groups attached to an aromatic ring is 2. The first-order chi connectivity index (χ1) is 7.59. The van der Waals surface area contributed by atoms with Crippen LogP contribution in [0.25, 0.3) is 0 Å². The summed E-state index contributed by atoms with van der Waals surface area (Å²) in [5.74, 6) is 8.71. The standard InChI is InChI=1S/C12H22N4/c1-8(2)7-10-11(13)16(14)12(15-10)9-5-3-4-6-9/h8-9H,3-7,13-14H2,1-2H3. The maximum absolute atomic E-state index is 5.99. The van der Waals surface area contributed by atoms with Crippen LogP contribution in [0.5, 0.6) is 0 Å². The highest BCUT2D eigenvalue weighted by Gasteiger charge is 2.24. The summed E-state index contributed by atoms with van der Waals surface area (Å²) < 4.78 is 1.60. The number of nitrogens with two attached hydrogens (primary N) is 2. The van der Waals surface area contributed by atoms with Crippen LogP contribution in [-0.4, -0.2) is 9.66 Å². The van der Waals surface area contributed by atoms with E-state index >= 15 is 0 Å². The minimum Gasteiger partial charge on any atom is -0.382 e. The van der Waals surface area contributed by atoms with Crippen LogP contribution < -0.4 is 11.6 Å². The molecule has 0 spiro atoms. The molecular formula is C12H22N4. The summed E-state index contributed by atoms with van der Waals surface area (Å²) in [5, 5.41) is 0. The first-order valence-electron chi connectivity index (χ1n) is 6.21.